The number of rotatable bonds is 5. The molecule has 3 atom stereocenters. The minimum Gasteiger partial charge on any atom is -0.378 e. The highest BCUT2D eigenvalue weighted by Gasteiger charge is 2.44. The second kappa shape index (κ2) is 6.71. The Bertz CT molecular complexity index is 631. The first kappa shape index (κ1) is 16.6. The van der Waals surface area contributed by atoms with Crippen LogP contribution in [-0.2, 0) is 11.3 Å². The molecule has 1 saturated carbocycles. The van der Waals surface area contributed by atoms with Crippen LogP contribution in [0.5, 0.6) is 0 Å². The summed E-state index contributed by atoms with van der Waals surface area (Å²) in [5, 5.41) is 5.80. The van der Waals surface area contributed by atoms with Gasteiger partial charge in [0.15, 0.2) is 0 Å². The van der Waals surface area contributed by atoms with Gasteiger partial charge in [0.05, 0.1) is 6.04 Å². The van der Waals surface area contributed by atoms with Gasteiger partial charge in [0.2, 0.25) is 5.91 Å². The summed E-state index contributed by atoms with van der Waals surface area (Å²) in [5.41, 5.74) is 2.15. The highest BCUT2D eigenvalue weighted by atomic mass is 16.2. The van der Waals surface area contributed by atoms with Crippen molar-refractivity contribution in [1.29, 1.82) is 0 Å². The van der Waals surface area contributed by atoms with Crippen LogP contribution in [0.2, 0.25) is 0 Å². The SMILES string of the molecule is C[C@@H]1C[C@@H]1N1C[C@H](NC(=O)NCc2cccc(N(C)C)c2)CC1=O. The largest absolute Gasteiger partial charge is 0.378 e. The normalized spacial score (nSPS) is 25.5. The molecule has 2 aliphatic rings. The number of carbonyl (C=O) groups is 2. The highest BCUT2D eigenvalue weighted by Crippen LogP contribution is 2.37. The van der Waals surface area contributed by atoms with E-state index >= 15 is 0 Å². The van der Waals surface area contributed by atoms with E-state index in [9.17, 15) is 9.59 Å². The molecule has 0 spiro atoms. The molecule has 1 aliphatic heterocycles. The quantitative estimate of drug-likeness (QED) is 0.861. The molecule has 24 heavy (non-hydrogen) atoms. The average Bonchev–Trinajstić information content (AvgIpc) is 3.15. The van der Waals surface area contributed by atoms with Gasteiger partial charge in [-0.05, 0) is 30.0 Å². The minimum atomic E-state index is -0.214. The van der Waals surface area contributed by atoms with E-state index in [-0.39, 0.29) is 18.0 Å². The molecule has 6 nitrogen and oxygen atoms in total. The maximum atomic E-state index is 12.1. The Balaban J connectivity index is 1.46. The molecule has 0 unspecified atom stereocenters. The van der Waals surface area contributed by atoms with Crippen LogP contribution >= 0.6 is 0 Å². The van der Waals surface area contributed by atoms with E-state index in [1.807, 2.05) is 42.1 Å². The van der Waals surface area contributed by atoms with Crippen LogP contribution in [0, 0.1) is 5.92 Å². The summed E-state index contributed by atoms with van der Waals surface area (Å²) in [6.45, 7) is 3.27. The van der Waals surface area contributed by atoms with Gasteiger partial charge in [-0.25, -0.2) is 4.79 Å². The first-order valence-corrected chi connectivity index (χ1v) is 8.54. The van der Waals surface area contributed by atoms with Gasteiger partial charge in [-0.1, -0.05) is 19.1 Å². The second-order valence-electron chi connectivity index (χ2n) is 7.12. The Kier molecular flexibility index (Phi) is 4.64. The number of nitrogens with zero attached hydrogens (tertiary/aromatic N) is 2. The third-order valence-corrected chi connectivity index (χ3v) is 4.84. The number of anilines is 1. The molecule has 1 aromatic carbocycles. The molecule has 130 valence electrons. The van der Waals surface area contributed by atoms with Crippen LogP contribution in [0.25, 0.3) is 0 Å². The number of hydrogen-bond donors (Lipinski definition) is 2. The molecule has 3 amide bonds. The maximum absolute atomic E-state index is 12.1. The fraction of sp³-hybridized carbons (Fsp3) is 0.556. The van der Waals surface area contributed by atoms with E-state index in [4.69, 9.17) is 0 Å². The van der Waals surface area contributed by atoms with Crippen molar-refractivity contribution in [3.63, 3.8) is 0 Å². The van der Waals surface area contributed by atoms with Crippen LogP contribution in [0.1, 0.15) is 25.3 Å². The fourth-order valence-corrected chi connectivity index (χ4v) is 3.25. The Labute approximate surface area is 143 Å². The molecule has 1 saturated heterocycles. The number of nitrogens with one attached hydrogen (secondary N) is 2. The summed E-state index contributed by atoms with van der Waals surface area (Å²) in [5.74, 6) is 0.763. The van der Waals surface area contributed by atoms with Crippen molar-refractivity contribution in [1.82, 2.24) is 15.5 Å². The maximum Gasteiger partial charge on any atom is 0.315 e. The van der Waals surface area contributed by atoms with Gasteiger partial charge in [-0.3, -0.25) is 4.79 Å². The fourth-order valence-electron chi connectivity index (χ4n) is 3.25. The molecule has 2 fully saturated rings. The number of hydrogen-bond acceptors (Lipinski definition) is 3. The lowest BCUT2D eigenvalue weighted by Crippen LogP contribution is -2.43. The average molecular weight is 330 g/mol. The van der Waals surface area contributed by atoms with Gasteiger partial charge in [0, 0.05) is 45.3 Å². The number of urea groups is 1. The van der Waals surface area contributed by atoms with Gasteiger partial charge in [0.1, 0.15) is 0 Å². The predicted molar refractivity (Wildman–Crippen MR) is 93.8 cm³/mol. The van der Waals surface area contributed by atoms with Gasteiger partial charge in [-0.2, -0.15) is 0 Å². The summed E-state index contributed by atoms with van der Waals surface area (Å²) >= 11 is 0. The molecule has 1 aliphatic carbocycles. The molecule has 0 radical (unpaired) electrons. The molecule has 1 heterocycles. The molecule has 1 aromatic rings. The molecule has 0 aromatic heterocycles. The minimum absolute atomic E-state index is 0.0848. The van der Waals surface area contributed by atoms with Gasteiger partial charge >= 0.3 is 6.03 Å². The number of carbonyl (C=O) groups excluding carboxylic acids is 2. The summed E-state index contributed by atoms with van der Waals surface area (Å²) in [7, 11) is 3.98. The van der Waals surface area contributed by atoms with Gasteiger partial charge in [0.25, 0.3) is 0 Å². The van der Waals surface area contributed by atoms with E-state index in [0.717, 1.165) is 17.7 Å². The lowest BCUT2D eigenvalue weighted by Gasteiger charge is -2.17. The zero-order chi connectivity index (χ0) is 17.3. The summed E-state index contributed by atoms with van der Waals surface area (Å²) in [4.78, 5) is 28.1. The predicted octanol–water partition coefficient (Wildman–Crippen LogP) is 1.56. The van der Waals surface area contributed by atoms with Crippen LogP contribution in [0.15, 0.2) is 24.3 Å². The second-order valence-corrected chi connectivity index (χ2v) is 7.12. The number of amides is 3. The van der Waals surface area contributed by atoms with Crippen LogP contribution < -0.4 is 15.5 Å². The monoisotopic (exact) mass is 330 g/mol. The highest BCUT2D eigenvalue weighted by molar-refractivity contribution is 5.82. The van der Waals surface area contributed by atoms with Gasteiger partial charge in [-0.15, -0.1) is 0 Å². The molecule has 2 N–H and O–H groups in total. The summed E-state index contributed by atoms with van der Waals surface area (Å²) in [6.07, 6.45) is 1.50. The molecular formula is C18H26N4O2. The van der Waals surface area contributed by atoms with Crippen molar-refractivity contribution >= 4 is 17.6 Å². The number of benzene rings is 1. The topological polar surface area (TPSA) is 64.7 Å². The molecule has 0 bridgehead atoms. The first-order valence-electron chi connectivity index (χ1n) is 8.54. The zero-order valence-corrected chi connectivity index (χ0v) is 14.6. The van der Waals surface area contributed by atoms with Gasteiger partial charge < -0.3 is 20.4 Å². The summed E-state index contributed by atoms with van der Waals surface area (Å²) < 4.78 is 0. The Hall–Kier alpha value is -2.24. The van der Waals surface area contributed by atoms with E-state index in [1.165, 1.54) is 0 Å². The van der Waals surface area contributed by atoms with Crippen LogP contribution in [-0.4, -0.2) is 49.6 Å². The zero-order valence-electron chi connectivity index (χ0n) is 14.6. The lowest BCUT2D eigenvalue weighted by atomic mass is 10.2. The van der Waals surface area contributed by atoms with E-state index in [1.54, 1.807) is 0 Å². The van der Waals surface area contributed by atoms with Crippen molar-refractivity contribution < 1.29 is 9.59 Å². The standard InChI is InChI=1S/C18H26N4O2/c1-12-7-16(12)22-11-14(9-17(22)23)20-18(24)19-10-13-5-4-6-15(8-13)21(2)3/h4-6,8,12,14,16H,7,9-11H2,1-3H3,(H2,19,20,24)/t12-,14-,16+/m1/s1. The van der Waals surface area contributed by atoms with Crippen molar-refractivity contribution in [3.8, 4) is 0 Å². The van der Waals surface area contributed by atoms with E-state index in [0.29, 0.717) is 31.5 Å². The first-order chi connectivity index (χ1) is 11.4. The molecular weight excluding hydrogens is 304 g/mol. The Morgan fingerprint density at radius 2 is 2.12 bits per heavy atom. The molecule has 6 heteroatoms. The van der Waals surface area contributed by atoms with Crippen molar-refractivity contribution in [2.75, 3.05) is 25.5 Å². The third-order valence-electron chi connectivity index (χ3n) is 4.84. The summed E-state index contributed by atoms with van der Waals surface area (Å²) in [6, 6.07) is 8.14. The number of likely N-dealkylation sites (tertiary alicyclic amines) is 1. The third kappa shape index (κ3) is 3.80. The van der Waals surface area contributed by atoms with Crippen molar-refractivity contribution in [2.45, 2.75) is 38.4 Å². The smallest absolute Gasteiger partial charge is 0.315 e. The van der Waals surface area contributed by atoms with Crippen LogP contribution in [0.3, 0.4) is 0 Å². The van der Waals surface area contributed by atoms with E-state index in [2.05, 4.69) is 23.6 Å². The van der Waals surface area contributed by atoms with E-state index < -0.39 is 0 Å². The van der Waals surface area contributed by atoms with Crippen LogP contribution in [0.4, 0.5) is 10.5 Å². The molecule has 3 rings (SSSR count). The Morgan fingerprint density at radius 3 is 2.79 bits per heavy atom. The Morgan fingerprint density at radius 1 is 1.38 bits per heavy atom. The lowest BCUT2D eigenvalue weighted by molar-refractivity contribution is -0.128. The van der Waals surface area contributed by atoms with Crippen molar-refractivity contribution in [3.05, 3.63) is 29.8 Å². The van der Waals surface area contributed by atoms with Crippen molar-refractivity contribution in [2.24, 2.45) is 5.92 Å².